The Labute approximate surface area is 76.6 Å². The second-order valence-electron chi connectivity index (χ2n) is 3.61. The van der Waals surface area contributed by atoms with Gasteiger partial charge in [-0.2, -0.15) is 0 Å². The predicted molar refractivity (Wildman–Crippen MR) is 49.3 cm³/mol. The van der Waals surface area contributed by atoms with Crippen LogP contribution in [0.3, 0.4) is 0 Å². The molecule has 0 fully saturated rings. The number of fused-ring (bicyclic) bond motifs is 1. The molecule has 0 unspecified atom stereocenters. The summed E-state index contributed by atoms with van der Waals surface area (Å²) in [4.78, 5) is 0. The van der Waals surface area contributed by atoms with Crippen LogP contribution in [0, 0.1) is 5.92 Å². The summed E-state index contributed by atoms with van der Waals surface area (Å²) in [6, 6.07) is 4.09. The number of nitrogens with zero attached hydrogens (tertiary/aromatic N) is 4. The molecule has 2 rings (SSSR count). The molecule has 0 aliphatic rings. The molecule has 0 bridgehead atoms. The summed E-state index contributed by atoms with van der Waals surface area (Å²) < 4.78 is 1.67. The summed E-state index contributed by atoms with van der Waals surface area (Å²) in [7, 11) is 0. The van der Waals surface area contributed by atoms with Gasteiger partial charge in [-0.1, -0.05) is 13.8 Å². The maximum Gasteiger partial charge on any atom is 0.179 e. The van der Waals surface area contributed by atoms with E-state index in [4.69, 9.17) is 0 Å². The van der Waals surface area contributed by atoms with Crippen LogP contribution in [-0.4, -0.2) is 20.0 Å². The van der Waals surface area contributed by atoms with Crippen LogP contribution in [0.4, 0.5) is 0 Å². The van der Waals surface area contributed by atoms with Crippen molar-refractivity contribution in [2.24, 2.45) is 5.92 Å². The highest BCUT2D eigenvalue weighted by Gasteiger charge is 2.00. The third-order valence-electron chi connectivity index (χ3n) is 1.91. The molecule has 0 aromatic carbocycles. The first-order chi connectivity index (χ1) is 6.25. The van der Waals surface area contributed by atoms with Crippen LogP contribution >= 0.6 is 0 Å². The number of aromatic nitrogens is 4. The van der Waals surface area contributed by atoms with Crippen LogP contribution in [0.15, 0.2) is 18.3 Å². The third kappa shape index (κ3) is 1.66. The number of hydrogen-bond donors (Lipinski definition) is 0. The molecule has 0 radical (unpaired) electrons. The lowest BCUT2D eigenvalue weighted by Gasteiger charge is -2.03. The van der Waals surface area contributed by atoms with Crippen LogP contribution in [0.25, 0.3) is 5.65 Å². The average Bonchev–Trinajstić information content (AvgIpc) is 2.49. The minimum atomic E-state index is 0.665. The van der Waals surface area contributed by atoms with Crippen molar-refractivity contribution in [1.29, 1.82) is 0 Å². The SMILES string of the molecule is CC(C)Cc1ccn2nnnc2c1. The van der Waals surface area contributed by atoms with Crippen LogP contribution in [0.5, 0.6) is 0 Å². The van der Waals surface area contributed by atoms with Crippen molar-refractivity contribution in [3.05, 3.63) is 23.9 Å². The summed E-state index contributed by atoms with van der Waals surface area (Å²) in [5, 5.41) is 11.3. The van der Waals surface area contributed by atoms with Crippen molar-refractivity contribution in [3.8, 4) is 0 Å². The van der Waals surface area contributed by atoms with Crippen molar-refractivity contribution < 1.29 is 0 Å². The Balaban J connectivity index is 2.37. The molecular weight excluding hydrogens is 164 g/mol. The highest BCUT2D eigenvalue weighted by Crippen LogP contribution is 2.08. The van der Waals surface area contributed by atoms with E-state index in [-0.39, 0.29) is 0 Å². The first-order valence-corrected chi connectivity index (χ1v) is 4.42. The zero-order valence-electron chi connectivity index (χ0n) is 7.81. The Kier molecular flexibility index (Phi) is 1.96. The maximum absolute atomic E-state index is 3.89. The Morgan fingerprint density at radius 3 is 3.08 bits per heavy atom. The van der Waals surface area contributed by atoms with Gasteiger partial charge >= 0.3 is 0 Å². The summed E-state index contributed by atoms with van der Waals surface area (Å²) in [6.45, 7) is 4.40. The Morgan fingerprint density at radius 2 is 2.31 bits per heavy atom. The minimum Gasteiger partial charge on any atom is -0.201 e. The summed E-state index contributed by atoms with van der Waals surface area (Å²) in [5.74, 6) is 0.665. The van der Waals surface area contributed by atoms with E-state index < -0.39 is 0 Å². The van der Waals surface area contributed by atoms with E-state index in [0.717, 1.165) is 12.1 Å². The van der Waals surface area contributed by atoms with Crippen molar-refractivity contribution >= 4 is 5.65 Å². The number of rotatable bonds is 2. The number of hydrogen-bond acceptors (Lipinski definition) is 3. The lowest BCUT2D eigenvalue weighted by molar-refractivity contribution is 0.646. The maximum atomic E-state index is 3.89. The highest BCUT2D eigenvalue weighted by atomic mass is 15.5. The van der Waals surface area contributed by atoms with Crippen molar-refractivity contribution in [3.63, 3.8) is 0 Å². The Morgan fingerprint density at radius 1 is 1.46 bits per heavy atom. The predicted octanol–water partition coefficient (Wildman–Crippen LogP) is 1.32. The van der Waals surface area contributed by atoms with Gasteiger partial charge in [0.2, 0.25) is 0 Å². The smallest absolute Gasteiger partial charge is 0.179 e. The van der Waals surface area contributed by atoms with Gasteiger partial charge in [-0.25, -0.2) is 4.52 Å². The van der Waals surface area contributed by atoms with Crippen molar-refractivity contribution in [2.75, 3.05) is 0 Å². The fraction of sp³-hybridized carbons (Fsp3) is 0.444. The quantitative estimate of drug-likeness (QED) is 0.693. The first kappa shape index (κ1) is 8.16. The summed E-state index contributed by atoms with van der Waals surface area (Å²) in [5.41, 5.74) is 2.11. The second-order valence-corrected chi connectivity index (χ2v) is 3.61. The third-order valence-corrected chi connectivity index (χ3v) is 1.91. The van der Waals surface area contributed by atoms with Gasteiger partial charge in [-0.05, 0) is 40.5 Å². The Bertz CT molecular complexity index is 405. The topological polar surface area (TPSA) is 43.1 Å². The fourth-order valence-electron chi connectivity index (χ4n) is 1.38. The van der Waals surface area contributed by atoms with Crippen LogP contribution in [0.2, 0.25) is 0 Å². The number of pyridine rings is 1. The first-order valence-electron chi connectivity index (χ1n) is 4.42. The molecule has 0 aliphatic heterocycles. The molecule has 0 spiro atoms. The lowest BCUT2D eigenvalue weighted by atomic mass is 10.0. The molecule has 2 heterocycles. The van der Waals surface area contributed by atoms with E-state index >= 15 is 0 Å². The van der Waals surface area contributed by atoms with E-state index in [9.17, 15) is 0 Å². The van der Waals surface area contributed by atoms with Gasteiger partial charge in [0.25, 0.3) is 0 Å². The zero-order valence-corrected chi connectivity index (χ0v) is 7.81. The van der Waals surface area contributed by atoms with Crippen LogP contribution in [-0.2, 0) is 6.42 Å². The van der Waals surface area contributed by atoms with E-state index in [1.165, 1.54) is 5.56 Å². The van der Waals surface area contributed by atoms with Crippen molar-refractivity contribution in [2.45, 2.75) is 20.3 Å². The average molecular weight is 176 g/mol. The highest BCUT2D eigenvalue weighted by molar-refractivity contribution is 5.38. The van der Waals surface area contributed by atoms with Crippen molar-refractivity contribution in [1.82, 2.24) is 20.0 Å². The second kappa shape index (κ2) is 3.12. The van der Waals surface area contributed by atoms with E-state index in [1.807, 2.05) is 12.3 Å². The molecule has 0 saturated heterocycles. The monoisotopic (exact) mass is 176 g/mol. The molecule has 0 N–H and O–H groups in total. The van der Waals surface area contributed by atoms with E-state index in [2.05, 4.69) is 35.4 Å². The standard InChI is InChI=1S/C9H12N4/c1-7(2)5-8-3-4-13-9(6-8)10-11-12-13/h3-4,6-7H,5H2,1-2H3. The molecule has 0 aliphatic carbocycles. The zero-order chi connectivity index (χ0) is 9.26. The Hall–Kier alpha value is -1.45. The molecule has 0 amide bonds. The molecule has 13 heavy (non-hydrogen) atoms. The number of tetrazole rings is 1. The van der Waals surface area contributed by atoms with Crippen LogP contribution in [0.1, 0.15) is 19.4 Å². The van der Waals surface area contributed by atoms with E-state index in [1.54, 1.807) is 4.52 Å². The summed E-state index contributed by atoms with van der Waals surface area (Å²) >= 11 is 0. The minimum absolute atomic E-state index is 0.665. The molecule has 2 aromatic heterocycles. The van der Waals surface area contributed by atoms with Gasteiger partial charge in [-0.15, -0.1) is 5.10 Å². The van der Waals surface area contributed by atoms with E-state index in [0.29, 0.717) is 5.92 Å². The normalized spacial score (nSPS) is 11.3. The van der Waals surface area contributed by atoms with Crippen LogP contribution < -0.4 is 0 Å². The molecule has 0 saturated carbocycles. The van der Waals surface area contributed by atoms with Gasteiger partial charge in [0.15, 0.2) is 5.65 Å². The molecule has 68 valence electrons. The molecule has 4 heteroatoms. The summed E-state index contributed by atoms with van der Waals surface area (Å²) in [6.07, 6.45) is 2.97. The van der Waals surface area contributed by atoms with Gasteiger partial charge in [0.05, 0.1) is 0 Å². The molecular formula is C9H12N4. The van der Waals surface area contributed by atoms with Gasteiger partial charge in [0, 0.05) is 6.20 Å². The molecule has 2 aromatic rings. The largest absolute Gasteiger partial charge is 0.201 e. The van der Waals surface area contributed by atoms with Gasteiger partial charge in [0.1, 0.15) is 0 Å². The fourth-order valence-corrected chi connectivity index (χ4v) is 1.38. The van der Waals surface area contributed by atoms with Gasteiger partial charge < -0.3 is 0 Å². The lowest BCUT2D eigenvalue weighted by Crippen LogP contribution is -1.95. The molecule has 4 nitrogen and oxygen atoms in total. The van der Waals surface area contributed by atoms with Gasteiger partial charge in [-0.3, -0.25) is 0 Å². The molecule has 0 atom stereocenters.